The van der Waals surface area contributed by atoms with E-state index in [9.17, 15) is 5.11 Å². The molecule has 0 amide bonds. The topological polar surface area (TPSA) is 29.5 Å². The van der Waals surface area contributed by atoms with Gasteiger partial charge in [-0.05, 0) is 35.7 Å². The number of aryl methyl sites for hydroxylation is 1. The molecular formula is C15H16O2. The molecule has 0 saturated carbocycles. The molecule has 2 aromatic rings. The first-order valence-electron chi connectivity index (χ1n) is 5.60. The zero-order chi connectivity index (χ0) is 12.3. The molecule has 0 bridgehead atoms. The van der Waals surface area contributed by atoms with E-state index in [1.165, 1.54) is 0 Å². The van der Waals surface area contributed by atoms with Gasteiger partial charge in [-0.3, -0.25) is 0 Å². The van der Waals surface area contributed by atoms with Crippen LogP contribution in [0.3, 0.4) is 0 Å². The van der Waals surface area contributed by atoms with Gasteiger partial charge in [-0.1, -0.05) is 36.4 Å². The highest BCUT2D eigenvalue weighted by Gasteiger charge is 2.11. The second-order valence-corrected chi connectivity index (χ2v) is 4.03. The summed E-state index contributed by atoms with van der Waals surface area (Å²) >= 11 is 0. The van der Waals surface area contributed by atoms with Crippen molar-refractivity contribution >= 4 is 0 Å². The minimum atomic E-state index is -0.581. The summed E-state index contributed by atoms with van der Waals surface area (Å²) in [5.74, 6) is 0.797. The van der Waals surface area contributed by atoms with Crippen LogP contribution < -0.4 is 4.74 Å². The first-order chi connectivity index (χ1) is 8.22. The molecule has 1 atom stereocenters. The molecule has 17 heavy (non-hydrogen) atoms. The van der Waals surface area contributed by atoms with E-state index in [4.69, 9.17) is 4.74 Å². The summed E-state index contributed by atoms with van der Waals surface area (Å²) in [4.78, 5) is 0. The fourth-order valence-electron chi connectivity index (χ4n) is 1.86. The van der Waals surface area contributed by atoms with Crippen molar-refractivity contribution in [3.63, 3.8) is 0 Å². The standard InChI is InChI=1S/C15H16O2/c1-11-5-3-4-6-14(11)15(16)12-7-9-13(17-2)10-8-12/h3-10,15-16H,1-2H3. The van der Waals surface area contributed by atoms with Crippen molar-refractivity contribution in [1.29, 1.82) is 0 Å². The number of ether oxygens (including phenoxy) is 1. The van der Waals surface area contributed by atoms with E-state index >= 15 is 0 Å². The van der Waals surface area contributed by atoms with E-state index < -0.39 is 6.10 Å². The van der Waals surface area contributed by atoms with E-state index in [2.05, 4.69) is 0 Å². The van der Waals surface area contributed by atoms with Crippen molar-refractivity contribution in [2.45, 2.75) is 13.0 Å². The van der Waals surface area contributed by atoms with Gasteiger partial charge in [0.15, 0.2) is 0 Å². The lowest BCUT2D eigenvalue weighted by Gasteiger charge is -2.14. The van der Waals surface area contributed by atoms with E-state index in [0.717, 1.165) is 22.4 Å². The molecule has 1 unspecified atom stereocenters. The van der Waals surface area contributed by atoms with Crippen molar-refractivity contribution in [3.05, 3.63) is 65.2 Å². The molecule has 2 aromatic carbocycles. The lowest BCUT2D eigenvalue weighted by molar-refractivity contribution is 0.219. The largest absolute Gasteiger partial charge is 0.497 e. The van der Waals surface area contributed by atoms with Crippen LogP contribution in [0.5, 0.6) is 5.75 Å². The summed E-state index contributed by atoms with van der Waals surface area (Å²) in [6.45, 7) is 2.00. The number of benzene rings is 2. The summed E-state index contributed by atoms with van der Waals surface area (Å²) < 4.78 is 5.10. The Morgan fingerprint density at radius 2 is 1.65 bits per heavy atom. The molecule has 0 aromatic heterocycles. The number of aliphatic hydroxyl groups excluding tert-OH is 1. The van der Waals surface area contributed by atoms with Crippen molar-refractivity contribution in [2.24, 2.45) is 0 Å². The van der Waals surface area contributed by atoms with Crippen molar-refractivity contribution in [3.8, 4) is 5.75 Å². The van der Waals surface area contributed by atoms with Gasteiger partial charge in [-0.2, -0.15) is 0 Å². The second kappa shape index (κ2) is 5.02. The van der Waals surface area contributed by atoms with Crippen molar-refractivity contribution < 1.29 is 9.84 Å². The summed E-state index contributed by atoms with van der Waals surface area (Å²) in [7, 11) is 1.63. The monoisotopic (exact) mass is 228 g/mol. The van der Waals surface area contributed by atoms with Gasteiger partial charge in [0.2, 0.25) is 0 Å². The van der Waals surface area contributed by atoms with E-state index in [-0.39, 0.29) is 0 Å². The average Bonchev–Trinajstić information content (AvgIpc) is 2.39. The summed E-state index contributed by atoms with van der Waals surface area (Å²) in [6, 6.07) is 15.3. The highest BCUT2D eigenvalue weighted by molar-refractivity contribution is 5.37. The molecule has 0 heterocycles. The van der Waals surface area contributed by atoms with Gasteiger partial charge in [-0.15, -0.1) is 0 Å². The molecule has 2 nitrogen and oxygen atoms in total. The number of rotatable bonds is 3. The number of aliphatic hydroxyl groups is 1. The predicted octanol–water partition coefficient (Wildman–Crippen LogP) is 3.09. The van der Waals surface area contributed by atoms with Crippen LogP contribution >= 0.6 is 0 Å². The van der Waals surface area contributed by atoms with Crippen LogP contribution in [-0.4, -0.2) is 12.2 Å². The van der Waals surface area contributed by atoms with E-state index in [1.807, 2.05) is 55.5 Å². The first-order valence-corrected chi connectivity index (χ1v) is 5.60. The Morgan fingerprint density at radius 1 is 1.00 bits per heavy atom. The molecule has 0 radical (unpaired) electrons. The Hall–Kier alpha value is -1.80. The Bertz CT molecular complexity index is 489. The molecule has 2 heteroatoms. The number of hydrogen-bond acceptors (Lipinski definition) is 2. The van der Waals surface area contributed by atoms with Crippen LogP contribution in [0.2, 0.25) is 0 Å². The van der Waals surface area contributed by atoms with Gasteiger partial charge in [0.05, 0.1) is 7.11 Å². The highest BCUT2D eigenvalue weighted by atomic mass is 16.5. The molecule has 88 valence electrons. The van der Waals surface area contributed by atoms with Crippen LogP contribution in [0.1, 0.15) is 22.8 Å². The van der Waals surface area contributed by atoms with E-state index in [0.29, 0.717) is 0 Å². The summed E-state index contributed by atoms with van der Waals surface area (Å²) in [6.07, 6.45) is -0.581. The first kappa shape index (κ1) is 11.7. The average molecular weight is 228 g/mol. The maximum absolute atomic E-state index is 10.3. The smallest absolute Gasteiger partial charge is 0.118 e. The number of methoxy groups -OCH3 is 1. The van der Waals surface area contributed by atoms with Crippen molar-refractivity contribution in [1.82, 2.24) is 0 Å². The maximum atomic E-state index is 10.3. The fraction of sp³-hybridized carbons (Fsp3) is 0.200. The summed E-state index contributed by atoms with van der Waals surface area (Å²) in [5, 5.41) is 10.3. The lowest BCUT2D eigenvalue weighted by atomic mass is 9.98. The van der Waals surface area contributed by atoms with Gasteiger partial charge in [0.25, 0.3) is 0 Å². The second-order valence-electron chi connectivity index (χ2n) is 4.03. The third-order valence-corrected chi connectivity index (χ3v) is 2.91. The van der Waals surface area contributed by atoms with E-state index in [1.54, 1.807) is 7.11 Å². The van der Waals surface area contributed by atoms with Crippen molar-refractivity contribution in [2.75, 3.05) is 7.11 Å². The zero-order valence-electron chi connectivity index (χ0n) is 10.1. The van der Waals surface area contributed by atoms with Gasteiger partial charge < -0.3 is 9.84 Å². The van der Waals surface area contributed by atoms with Crippen LogP contribution in [0.15, 0.2) is 48.5 Å². The van der Waals surface area contributed by atoms with Gasteiger partial charge in [-0.25, -0.2) is 0 Å². The minimum Gasteiger partial charge on any atom is -0.497 e. The Labute approximate surface area is 101 Å². The molecule has 0 fully saturated rings. The quantitative estimate of drug-likeness (QED) is 0.874. The Kier molecular flexibility index (Phi) is 3.45. The highest BCUT2D eigenvalue weighted by Crippen LogP contribution is 2.25. The Balaban J connectivity index is 2.30. The summed E-state index contributed by atoms with van der Waals surface area (Å²) in [5.41, 5.74) is 2.91. The fourth-order valence-corrected chi connectivity index (χ4v) is 1.86. The molecule has 1 N–H and O–H groups in total. The molecule has 0 saturated heterocycles. The number of hydrogen-bond donors (Lipinski definition) is 1. The third kappa shape index (κ3) is 2.48. The minimum absolute atomic E-state index is 0.581. The van der Waals surface area contributed by atoms with Crippen LogP contribution in [0, 0.1) is 6.92 Å². The molecule has 0 aliphatic carbocycles. The molecule has 2 rings (SSSR count). The molecule has 0 aliphatic heterocycles. The van der Waals surface area contributed by atoms with Crippen LogP contribution in [0.25, 0.3) is 0 Å². The molecular weight excluding hydrogens is 212 g/mol. The zero-order valence-corrected chi connectivity index (χ0v) is 10.1. The van der Waals surface area contributed by atoms with Gasteiger partial charge in [0, 0.05) is 0 Å². The predicted molar refractivity (Wildman–Crippen MR) is 68.2 cm³/mol. The Morgan fingerprint density at radius 3 is 2.24 bits per heavy atom. The van der Waals surface area contributed by atoms with Crippen LogP contribution in [-0.2, 0) is 0 Å². The molecule has 0 spiro atoms. The SMILES string of the molecule is COc1ccc(C(O)c2ccccc2C)cc1. The lowest BCUT2D eigenvalue weighted by Crippen LogP contribution is -2.01. The molecule has 0 aliphatic rings. The maximum Gasteiger partial charge on any atom is 0.118 e. The third-order valence-electron chi connectivity index (χ3n) is 2.91. The van der Waals surface area contributed by atoms with Gasteiger partial charge in [0.1, 0.15) is 11.9 Å². The van der Waals surface area contributed by atoms with Gasteiger partial charge >= 0.3 is 0 Å². The van der Waals surface area contributed by atoms with Crippen LogP contribution in [0.4, 0.5) is 0 Å². The normalized spacial score (nSPS) is 12.2.